The van der Waals surface area contributed by atoms with Crippen LogP contribution in [0.25, 0.3) is 22.6 Å². The lowest BCUT2D eigenvalue weighted by Gasteiger charge is -2.29. The van der Waals surface area contributed by atoms with Gasteiger partial charge in [0, 0.05) is 62.4 Å². The number of rotatable bonds is 10. The first kappa shape index (κ1) is 29.6. The quantitative estimate of drug-likeness (QED) is 0.228. The first-order valence-corrected chi connectivity index (χ1v) is 14.3. The molecule has 13 heteroatoms. The Morgan fingerprint density at radius 2 is 2.10 bits per heavy atom. The van der Waals surface area contributed by atoms with E-state index in [1.54, 1.807) is 36.3 Å². The maximum Gasteiger partial charge on any atom is 0.223 e. The molecule has 4 aromatic rings. The second-order valence-corrected chi connectivity index (χ2v) is 11.0. The number of nitrogens with zero attached hydrogens (tertiary/aromatic N) is 7. The summed E-state index contributed by atoms with van der Waals surface area (Å²) in [7, 11) is 1.80. The highest BCUT2D eigenvalue weighted by molar-refractivity contribution is 6.29. The number of likely N-dealkylation sites (tertiary alicyclic amines) is 1. The van der Waals surface area contributed by atoms with Crippen LogP contribution in [-0.4, -0.2) is 71.6 Å². The number of aliphatic hydroxyl groups excluding tert-OH is 1. The highest BCUT2D eigenvalue weighted by atomic mass is 35.5. The Kier molecular flexibility index (Phi) is 9.15. The van der Waals surface area contributed by atoms with E-state index < -0.39 is 5.82 Å². The number of ether oxygens (including phenoxy) is 1. The highest BCUT2D eigenvalue weighted by Crippen LogP contribution is 2.32. The number of aryl methyl sites for hydroxylation is 2. The lowest BCUT2D eigenvalue weighted by atomic mass is 10.1. The van der Waals surface area contributed by atoms with Gasteiger partial charge in [0.05, 0.1) is 18.4 Å². The van der Waals surface area contributed by atoms with Crippen molar-refractivity contribution in [1.29, 1.82) is 0 Å². The van der Waals surface area contributed by atoms with Crippen LogP contribution in [0.5, 0.6) is 5.88 Å². The molecule has 4 aromatic heterocycles. The number of aromatic nitrogens is 6. The number of hydrogen-bond donors (Lipinski definition) is 3. The average Bonchev–Trinajstić information content (AvgIpc) is 3.21. The van der Waals surface area contributed by atoms with E-state index in [0.717, 1.165) is 30.6 Å². The number of pyridine rings is 2. The maximum absolute atomic E-state index is 15.4. The summed E-state index contributed by atoms with van der Waals surface area (Å²) >= 11 is 6.22. The van der Waals surface area contributed by atoms with Crippen molar-refractivity contribution in [3.63, 3.8) is 0 Å². The van der Waals surface area contributed by atoms with Gasteiger partial charge in [0.15, 0.2) is 5.82 Å². The third-order valence-electron chi connectivity index (χ3n) is 7.17. The number of nitrogens with two attached hydrogens (primary N) is 1. The summed E-state index contributed by atoms with van der Waals surface area (Å²) in [6.45, 7) is 6.21. The molecular weight excluding hydrogens is 561 g/mol. The average molecular weight is 596 g/mol. The number of halogens is 2. The monoisotopic (exact) mass is 595 g/mol. The van der Waals surface area contributed by atoms with E-state index in [4.69, 9.17) is 22.1 Å². The minimum atomic E-state index is -0.448. The van der Waals surface area contributed by atoms with Crippen molar-refractivity contribution >= 4 is 23.1 Å². The molecular formula is C29H35ClFN9O2. The van der Waals surface area contributed by atoms with Crippen LogP contribution >= 0.6 is 11.6 Å². The Bertz CT molecular complexity index is 1550. The molecule has 0 aliphatic carbocycles. The summed E-state index contributed by atoms with van der Waals surface area (Å²) < 4.78 is 23.1. The number of anilines is 2. The van der Waals surface area contributed by atoms with Crippen molar-refractivity contribution < 1.29 is 14.2 Å². The van der Waals surface area contributed by atoms with Crippen LogP contribution in [0.15, 0.2) is 36.8 Å². The van der Waals surface area contributed by atoms with Gasteiger partial charge in [-0.2, -0.15) is 5.10 Å². The lowest BCUT2D eigenvalue weighted by molar-refractivity contribution is 0.0667. The SMILES string of the molecule is Cc1nn(C)c(OCC[C@H](C)Nc2cc(Cl)ncc2-c2ncc(CN3CCC[C@@H](O)C3)cc2F)c1-c1nccc(N)n1. The molecule has 42 heavy (non-hydrogen) atoms. The molecule has 0 aromatic carbocycles. The van der Waals surface area contributed by atoms with Gasteiger partial charge < -0.3 is 20.9 Å². The number of nitrogens with one attached hydrogen (secondary N) is 1. The Hall–Kier alpha value is -3.87. The number of piperidine rings is 1. The first-order valence-electron chi connectivity index (χ1n) is 13.9. The van der Waals surface area contributed by atoms with E-state index in [1.165, 1.54) is 12.3 Å². The van der Waals surface area contributed by atoms with Gasteiger partial charge in [-0.1, -0.05) is 11.6 Å². The summed E-state index contributed by atoms with van der Waals surface area (Å²) in [4.78, 5) is 19.4. The zero-order valence-corrected chi connectivity index (χ0v) is 24.6. The fourth-order valence-electron chi connectivity index (χ4n) is 5.16. The molecule has 0 amide bonds. The molecule has 0 radical (unpaired) electrons. The van der Waals surface area contributed by atoms with Gasteiger partial charge in [0.1, 0.15) is 28.0 Å². The number of hydrogen-bond acceptors (Lipinski definition) is 10. The van der Waals surface area contributed by atoms with Gasteiger partial charge >= 0.3 is 0 Å². The molecule has 1 saturated heterocycles. The smallest absolute Gasteiger partial charge is 0.223 e. The fourth-order valence-corrected chi connectivity index (χ4v) is 5.31. The van der Waals surface area contributed by atoms with Crippen molar-refractivity contribution in [3.05, 3.63) is 59.0 Å². The van der Waals surface area contributed by atoms with E-state index in [2.05, 4.69) is 35.3 Å². The Labute approximate surface area is 248 Å². The molecule has 1 aliphatic rings. The maximum atomic E-state index is 15.4. The predicted molar refractivity (Wildman–Crippen MR) is 160 cm³/mol. The van der Waals surface area contributed by atoms with Gasteiger partial charge in [-0.15, -0.1) is 0 Å². The molecule has 0 unspecified atom stereocenters. The minimum absolute atomic E-state index is 0.0727. The predicted octanol–water partition coefficient (Wildman–Crippen LogP) is 4.24. The summed E-state index contributed by atoms with van der Waals surface area (Å²) in [6, 6.07) is 4.71. The third-order valence-corrected chi connectivity index (χ3v) is 7.38. The molecule has 222 valence electrons. The van der Waals surface area contributed by atoms with Gasteiger partial charge in [0.25, 0.3) is 0 Å². The van der Waals surface area contributed by atoms with E-state index >= 15 is 4.39 Å². The van der Waals surface area contributed by atoms with Gasteiger partial charge in [-0.25, -0.2) is 24.0 Å². The van der Waals surface area contributed by atoms with Crippen LogP contribution in [0.4, 0.5) is 15.9 Å². The summed E-state index contributed by atoms with van der Waals surface area (Å²) in [6.07, 6.45) is 6.78. The van der Waals surface area contributed by atoms with Gasteiger partial charge in [-0.05, 0) is 57.0 Å². The number of aliphatic hydroxyl groups is 1. The number of β-amino-alcohol motifs (C(OH)–C–C–N with tert-alkyl or cyclic N) is 1. The van der Waals surface area contributed by atoms with E-state index in [9.17, 15) is 5.11 Å². The zero-order chi connectivity index (χ0) is 29.8. The number of nitrogen functional groups attached to an aromatic ring is 1. The van der Waals surface area contributed by atoms with Crippen LogP contribution in [0.2, 0.25) is 5.15 Å². The normalized spacial score (nSPS) is 16.4. The van der Waals surface area contributed by atoms with Crippen LogP contribution in [0, 0.1) is 12.7 Å². The molecule has 0 saturated carbocycles. The molecule has 11 nitrogen and oxygen atoms in total. The molecule has 0 spiro atoms. The summed E-state index contributed by atoms with van der Waals surface area (Å²) in [5.41, 5.74) is 9.34. The molecule has 4 N–H and O–H groups in total. The summed E-state index contributed by atoms with van der Waals surface area (Å²) in [5.74, 6) is 0.910. The molecule has 1 fully saturated rings. The third kappa shape index (κ3) is 6.94. The lowest BCUT2D eigenvalue weighted by Crippen LogP contribution is -2.37. The second-order valence-electron chi connectivity index (χ2n) is 10.6. The van der Waals surface area contributed by atoms with Crippen molar-refractivity contribution in [2.75, 3.05) is 30.7 Å². The summed E-state index contributed by atoms with van der Waals surface area (Å²) in [5, 5.41) is 18.1. The van der Waals surface area contributed by atoms with E-state index in [-0.39, 0.29) is 23.0 Å². The molecule has 5 heterocycles. The van der Waals surface area contributed by atoms with Crippen molar-refractivity contribution in [3.8, 4) is 28.5 Å². The minimum Gasteiger partial charge on any atom is -0.477 e. The van der Waals surface area contributed by atoms with Crippen LogP contribution in [-0.2, 0) is 13.6 Å². The topological polar surface area (TPSA) is 140 Å². The van der Waals surface area contributed by atoms with Gasteiger partial charge in [0.2, 0.25) is 5.88 Å². The van der Waals surface area contributed by atoms with Crippen LogP contribution in [0.3, 0.4) is 0 Å². The molecule has 2 atom stereocenters. The van der Waals surface area contributed by atoms with Crippen LogP contribution < -0.4 is 15.8 Å². The van der Waals surface area contributed by atoms with Crippen LogP contribution in [0.1, 0.15) is 37.4 Å². The van der Waals surface area contributed by atoms with Crippen molar-refractivity contribution in [1.82, 2.24) is 34.6 Å². The standard InChI is InChI=1S/C29H35ClFN9O2/c1-17(7-10-42-29-26(18(2)38-39(29)3)28-33-8-6-25(32)37-28)36-23-12-24(30)34-14-21(23)27-22(31)11-19(13-35-27)15-40-9-4-5-20(41)16-40/h6,8,11-14,17,20,41H,4-5,7,9-10,15-16H2,1-3H3,(H,34,36)(H2,32,33,37)/t17-,20+/m0/s1. The molecule has 5 rings (SSSR count). The first-order chi connectivity index (χ1) is 20.2. The largest absolute Gasteiger partial charge is 0.477 e. The van der Waals surface area contributed by atoms with Crippen molar-refractivity contribution in [2.45, 2.75) is 51.8 Å². The molecule has 0 bridgehead atoms. The Morgan fingerprint density at radius 1 is 1.26 bits per heavy atom. The van der Waals surface area contributed by atoms with E-state index in [0.29, 0.717) is 60.5 Å². The fraction of sp³-hybridized carbons (Fsp3) is 0.414. The Balaban J connectivity index is 1.26. The zero-order valence-electron chi connectivity index (χ0n) is 23.9. The van der Waals surface area contributed by atoms with Gasteiger partial charge in [-0.3, -0.25) is 9.88 Å². The van der Waals surface area contributed by atoms with Crippen molar-refractivity contribution in [2.24, 2.45) is 7.05 Å². The highest BCUT2D eigenvalue weighted by Gasteiger charge is 2.21. The van der Waals surface area contributed by atoms with E-state index in [1.807, 2.05) is 13.8 Å². The second kappa shape index (κ2) is 13.0. The Morgan fingerprint density at radius 3 is 2.86 bits per heavy atom. The molecule has 1 aliphatic heterocycles.